The highest BCUT2D eigenvalue weighted by Crippen LogP contribution is 2.24. The van der Waals surface area contributed by atoms with Crippen LogP contribution in [0, 0.1) is 5.41 Å². The minimum Gasteiger partial charge on any atom is -0.383 e. The van der Waals surface area contributed by atoms with E-state index in [1.54, 1.807) is 7.11 Å². The first-order valence-electron chi connectivity index (χ1n) is 8.50. The number of ether oxygens (including phenoxy) is 1. The van der Waals surface area contributed by atoms with Gasteiger partial charge < -0.3 is 10.1 Å². The molecule has 0 rings (SSSR count). The van der Waals surface area contributed by atoms with E-state index in [0.717, 1.165) is 32.8 Å². The Hall–Kier alpha value is -0.120. The topological polar surface area (TPSA) is 24.5 Å². The highest BCUT2D eigenvalue weighted by Gasteiger charge is 2.27. The van der Waals surface area contributed by atoms with Gasteiger partial charge in [0.15, 0.2) is 0 Å². The molecular formula is C17H38N2O. The largest absolute Gasteiger partial charge is 0.383 e. The molecule has 0 bridgehead atoms. The Balaban J connectivity index is 4.61. The van der Waals surface area contributed by atoms with Gasteiger partial charge in [0, 0.05) is 32.8 Å². The first-order chi connectivity index (χ1) is 9.56. The van der Waals surface area contributed by atoms with Crippen molar-refractivity contribution in [3.63, 3.8) is 0 Å². The van der Waals surface area contributed by atoms with E-state index in [0.29, 0.717) is 11.5 Å². The van der Waals surface area contributed by atoms with Crippen molar-refractivity contribution in [3.05, 3.63) is 0 Å². The van der Waals surface area contributed by atoms with Gasteiger partial charge in [-0.25, -0.2) is 0 Å². The summed E-state index contributed by atoms with van der Waals surface area (Å²) in [4.78, 5) is 2.64. The molecule has 1 N–H and O–H groups in total. The molecule has 0 spiro atoms. The van der Waals surface area contributed by atoms with E-state index in [4.69, 9.17) is 4.74 Å². The van der Waals surface area contributed by atoms with Crippen LogP contribution in [0.4, 0.5) is 0 Å². The number of rotatable bonds is 13. The van der Waals surface area contributed by atoms with Crippen LogP contribution in [0.15, 0.2) is 0 Å². The molecule has 0 fully saturated rings. The van der Waals surface area contributed by atoms with Crippen LogP contribution in [0.25, 0.3) is 0 Å². The number of hydrogen-bond acceptors (Lipinski definition) is 3. The molecule has 0 aromatic rings. The van der Waals surface area contributed by atoms with Crippen molar-refractivity contribution in [1.82, 2.24) is 10.2 Å². The Morgan fingerprint density at radius 2 is 1.80 bits per heavy atom. The van der Waals surface area contributed by atoms with Crippen LogP contribution in [0.1, 0.15) is 60.3 Å². The summed E-state index contributed by atoms with van der Waals surface area (Å²) in [6, 6.07) is 0.683. The van der Waals surface area contributed by atoms with E-state index in [9.17, 15) is 0 Å². The van der Waals surface area contributed by atoms with Crippen LogP contribution >= 0.6 is 0 Å². The fourth-order valence-electron chi connectivity index (χ4n) is 2.75. The van der Waals surface area contributed by atoms with E-state index in [-0.39, 0.29) is 0 Å². The summed E-state index contributed by atoms with van der Waals surface area (Å²) >= 11 is 0. The van der Waals surface area contributed by atoms with Crippen molar-refractivity contribution in [2.45, 2.75) is 66.3 Å². The molecule has 1 atom stereocenters. The zero-order valence-electron chi connectivity index (χ0n) is 14.8. The van der Waals surface area contributed by atoms with Crippen molar-refractivity contribution in [3.8, 4) is 0 Å². The van der Waals surface area contributed by atoms with Gasteiger partial charge in [-0.1, -0.05) is 34.6 Å². The molecule has 0 saturated carbocycles. The van der Waals surface area contributed by atoms with Gasteiger partial charge in [0.05, 0.1) is 6.61 Å². The summed E-state index contributed by atoms with van der Waals surface area (Å²) in [5, 5.41) is 3.61. The number of methoxy groups -OCH3 is 1. The van der Waals surface area contributed by atoms with Crippen LogP contribution in [0.3, 0.4) is 0 Å². The molecule has 0 radical (unpaired) electrons. The smallest absolute Gasteiger partial charge is 0.0589 e. The summed E-state index contributed by atoms with van der Waals surface area (Å²) in [6.45, 7) is 16.8. The lowest BCUT2D eigenvalue weighted by molar-refractivity contribution is 0.0739. The van der Waals surface area contributed by atoms with Crippen molar-refractivity contribution in [1.29, 1.82) is 0 Å². The zero-order chi connectivity index (χ0) is 15.4. The summed E-state index contributed by atoms with van der Waals surface area (Å²) < 4.78 is 5.30. The molecular weight excluding hydrogens is 248 g/mol. The van der Waals surface area contributed by atoms with E-state index in [2.05, 4.69) is 44.8 Å². The average Bonchev–Trinajstić information content (AvgIpc) is 2.46. The monoisotopic (exact) mass is 286 g/mol. The van der Waals surface area contributed by atoms with Gasteiger partial charge in [0.2, 0.25) is 0 Å². The SMILES string of the molecule is CCCNCC(C)(CC)CN(CCOC)C(CC)CC. The standard InChI is InChI=1S/C17H38N2O/c1-7-11-18-14-17(5,10-4)15-19(12-13-20-6)16(8-2)9-3/h16,18H,7-15H2,1-6H3. The predicted molar refractivity (Wildman–Crippen MR) is 89.4 cm³/mol. The third kappa shape index (κ3) is 7.61. The molecule has 3 nitrogen and oxygen atoms in total. The lowest BCUT2D eigenvalue weighted by atomic mass is 9.86. The molecule has 0 amide bonds. The summed E-state index contributed by atoms with van der Waals surface area (Å²) in [6.07, 6.45) is 4.87. The van der Waals surface area contributed by atoms with E-state index >= 15 is 0 Å². The molecule has 0 aliphatic heterocycles. The van der Waals surface area contributed by atoms with Gasteiger partial charge in [-0.2, -0.15) is 0 Å². The first kappa shape index (κ1) is 19.9. The van der Waals surface area contributed by atoms with Crippen molar-refractivity contribution >= 4 is 0 Å². The highest BCUT2D eigenvalue weighted by molar-refractivity contribution is 4.82. The lowest BCUT2D eigenvalue weighted by Crippen LogP contribution is -2.47. The van der Waals surface area contributed by atoms with Crippen LogP contribution in [0.2, 0.25) is 0 Å². The Morgan fingerprint density at radius 1 is 1.15 bits per heavy atom. The average molecular weight is 287 g/mol. The summed E-state index contributed by atoms with van der Waals surface area (Å²) in [5.41, 5.74) is 0.353. The molecule has 0 aromatic heterocycles. The fourth-order valence-corrected chi connectivity index (χ4v) is 2.75. The van der Waals surface area contributed by atoms with Gasteiger partial charge in [-0.15, -0.1) is 0 Å². The van der Waals surface area contributed by atoms with Gasteiger partial charge in [-0.3, -0.25) is 4.90 Å². The Bertz CT molecular complexity index is 219. The van der Waals surface area contributed by atoms with Crippen LogP contribution < -0.4 is 5.32 Å². The third-order valence-electron chi connectivity index (χ3n) is 4.46. The van der Waals surface area contributed by atoms with Crippen molar-refractivity contribution in [2.75, 3.05) is 39.9 Å². The minimum atomic E-state index is 0.353. The zero-order valence-corrected chi connectivity index (χ0v) is 14.8. The molecule has 0 aliphatic carbocycles. The minimum absolute atomic E-state index is 0.353. The van der Waals surface area contributed by atoms with E-state index in [1.165, 1.54) is 25.7 Å². The third-order valence-corrected chi connectivity index (χ3v) is 4.46. The highest BCUT2D eigenvalue weighted by atomic mass is 16.5. The molecule has 0 heterocycles. The van der Waals surface area contributed by atoms with Crippen LogP contribution in [-0.2, 0) is 4.74 Å². The fraction of sp³-hybridized carbons (Fsp3) is 1.00. The second kappa shape index (κ2) is 11.5. The van der Waals surface area contributed by atoms with E-state index < -0.39 is 0 Å². The first-order valence-corrected chi connectivity index (χ1v) is 8.50. The Kier molecular flexibility index (Phi) is 11.5. The van der Waals surface area contributed by atoms with Crippen molar-refractivity contribution in [2.24, 2.45) is 5.41 Å². The van der Waals surface area contributed by atoms with Crippen LogP contribution in [-0.4, -0.2) is 50.8 Å². The maximum atomic E-state index is 5.30. The second-order valence-corrected chi connectivity index (χ2v) is 6.27. The Labute approximate surface area is 127 Å². The molecule has 3 heteroatoms. The molecule has 1 unspecified atom stereocenters. The predicted octanol–water partition coefficient (Wildman–Crippen LogP) is 3.54. The van der Waals surface area contributed by atoms with E-state index in [1.807, 2.05) is 0 Å². The Morgan fingerprint density at radius 3 is 2.25 bits per heavy atom. The van der Waals surface area contributed by atoms with Crippen molar-refractivity contribution < 1.29 is 4.74 Å². The quantitative estimate of drug-likeness (QED) is 0.524. The number of nitrogens with zero attached hydrogens (tertiary/aromatic N) is 1. The number of nitrogens with one attached hydrogen (secondary N) is 1. The number of hydrogen-bond donors (Lipinski definition) is 1. The normalized spacial score (nSPS) is 15.0. The molecule has 122 valence electrons. The maximum Gasteiger partial charge on any atom is 0.0589 e. The second-order valence-electron chi connectivity index (χ2n) is 6.27. The van der Waals surface area contributed by atoms with Gasteiger partial charge in [0.25, 0.3) is 0 Å². The molecule has 0 aromatic carbocycles. The lowest BCUT2D eigenvalue weighted by Gasteiger charge is -2.39. The van der Waals surface area contributed by atoms with Gasteiger partial charge in [0.1, 0.15) is 0 Å². The maximum absolute atomic E-state index is 5.30. The molecule has 0 saturated heterocycles. The van der Waals surface area contributed by atoms with Gasteiger partial charge >= 0.3 is 0 Å². The molecule has 0 aliphatic rings. The van der Waals surface area contributed by atoms with Crippen LogP contribution in [0.5, 0.6) is 0 Å². The van der Waals surface area contributed by atoms with Gasteiger partial charge in [-0.05, 0) is 37.6 Å². The summed E-state index contributed by atoms with van der Waals surface area (Å²) in [7, 11) is 1.80. The molecule has 20 heavy (non-hydrogen) atoms. The summed E-state index contributed by atoms with van der Waals surface area (Å²) in [5.74, 6) is 0.